The van der Waals surface area contributed by atoms with Crippen LogP contribution in [-0.4, -0.2) is 44.8 Å². The van der Waals surface area contributed by atoms with Gasteiger partial charge in [-0.15, -0.1) is 0 Å². The smallest absolute Gasteiger partial charge is 0.330 e. The first kappa shape index (κ1) is 38.5. The molecule has 2 fully saturated rings. The summed E-state index contributed by atoms with van der Waals surface area (Å²) in [4.78, 5) is 45.7. The van der Waals surface area contributed by atoms with Crippen molar-refractivity contribution in [1.29, 1.82) is 0 Å². The number of unbranched alkanes of at least 4 members (excludes halogenated alkanes) is 3. The SMILES string of the molecule is C=CC(=O)OCCCCCCOc1ccc(OC)cc1.CCCC1CCC(c2ccc(OC(=O)C3CCC(C=O)CC3)c(C=O)c2)CC1. The van der Waals surface area contributed by atoms with Gasteiger partial charge in [-0.25, -0.2) is 4.79 Å². The van der Waals surface area contributed by atoms with E-state index in [1.807, 2.05) is 36.4 Å². The van der Waals surface area contributed by atoms with Crippen LogP contribution in [0.2, 0.25) is 0 Å². The van der Waals surface area contributed by atoms with E-state index in [4.69, 9.17) is 18.9 Å². The monoisotopic (exact) mass is 662 g/mol. The Morgan fingerprint density at radius 3 is 2.10 bits per heavy atom. The minimum atomic E-state index is -0.354. The summed E-state index contributed by atoms with van der Waals surface area (Å²) in [5.41, 5.74) is 1.64. The van der Waals surface area contributed by atoms with E-state index >= 15 is 0 Å². The van der Waals surface area contributed by atoms with Crippen LogP contribution in [0.5, 0.6) is 17.2 Å². The quantitative estimate of drug-likeness (QED) is 0.0544. The maximum Gasteiger partial charge on any atom is 0.330 e. The number of hydrogen-bond donors (Lipinski definition) is 0. The van der Waals surface area contributed by atoms with Gasteiger partial charge in [0.2, 0.25) is 0 Å². The van der Waals surface area contributed by atoms with Gasteiger partial charge >= 0.3 is 11.9 Å². The van der Waals surface area contributed by atoms with E-state index in [0.29, 0.717) is 43.3 Å². The van der Waals surface area contributed by atoms with Crippen LogP contribution in [-0.2, 0) is 19.1 Å². The predicted molar refractivity (Wildman–Crippen MR) is 187 cm³/mol. The van der Waals surface area contributed by atoms with Crippen LogP contribution in [0.25, 0.3) is 0 Å². The molecule has 0 radical (unpaired) electrons. The Balaban J connectivity index is 0.000000277. The van der Waals surface area contributed by atoms with E-state index in [0.717, 1.165) is 68.5 Å². The summed E-state index contributed by atoms with van der Waals surface area (Å²) in [6.07, 6.45) is 17.2. The lowest BCUT2D eigenvalue weighted by Gasteiger charge is -2.29. The third-order valence-electron chi connectivity index (χ3n) is 9.46. The fourth-order valence-electron chi connectivity index (χ4n) is 6.53. The average Bonchev–Trinajstić information content (AvgIpc) is 3.13. The molecular weight excluding hydrogens is 608 g/mol. The van der Waals surface area contributed by atoms with Crippen molar-refractivity contribution < 1.29 is 38.1 Å². The van der Waals surface area contributed by atoms with Crippen molar-refractivity contribution in [1.82, 2.24) is 0 Å². The van der Waals surface area contributed by atoms with E-state index in [9.17, 15) is 19.2 Å². The molecule has 0 bridgehead atoms. The Morgan fingerprint density at radius 2 is 1.50 bits per heavy atom. The van der Waals surface area contributed by atoms with Crippen LogP contribution in [0, 0.1) is 17.8 Å². The number of ether oxygens (including phenoxy) is 4. The van der Waals surface area contributed by atoms with Gasteiger partial charge in [0.1, 0.15) is 23.5 Å². The third kappa shape index (κ3) is 13.3. The number of carbonyl (C=O) groups is 4. The van der Waals surface area contributed by atoms with E-state index < -0.39 is 0 Å². The Labute approximate surface area is 286 Å². The first-order chi connectivity index (χ1) is 23.4. The van der Waals surface area contributed by atoms with Crippen LogP contribution in [0.15, 0.2) is 55.1 Å². The van der Waals surface area contributed by atoms with Crippen molar-refractivity contribution in [2.45, 2.75) is 103 Å². The molecule has 0 saturated heterocycles. The molecule has 0 heterocycles. The number of rotatable bonds is 17. The van der Waals surface area contributed by atoms with Gasteiger partial charge in [-0.05, 0) is 131 Å². The molecule has 0 N–H and O–H groups in total. The predicted octanol–water partition coefficient (Wildman–Crippen LogP) is 8.85. The summed E-state index contributed by atoms with van der Waals surface area (Å²) in [6.45, 7) is 6.74. The zero-order valence-electron chi connectivity index (χ0n) is 28.9. The van der Waals surface area contributed by atoms with Gasteiger partial charge in [-0.1, -0.05) is 32.4 Å². The molecule has 0 unspecified atom stereocenters. The average molecular weight is 663 g/mol. The second kappa shape index (κ2) is 21.8. The molecule has 4 rings (SSSR count). The number of aldehydes is 2. The molecule has 262 valence electrons. The molecule has 2 aliphatic rings. The second-order valence-corrected chi connectivity index (χ2v) is 12.9. The fourth-order valence-corrected chi connectivity index (χ4v) is 6.53. The number of benzene rings is 2. The number of esters is 2. The highest BCUT2D eigenvalue weighted by molar-refractivity contribution is 5.83. The molecule has 0 spiro atoms. The van der Waals surface area contributed by atoms with Crippen LogP contribution < -0.4 is 14.2 Å². The van der Waals surface area contributed by atoms with Crippen molar-refractivity contribution in [3.8, 4) is 17.2 Å². The summed E-state index contributed by atoms with van der Waals surface area (Å²) >= 11 is 0. The number of methoxy groups -OCH3 is 1. The largest absolute Gasteiger partial charge is 0.497 e. The Hall–Kier alpha value is -3.94. The summed E-state index contributed by atoms with van der Waals surface area (Å²) in [5, 5.41) is 0. The normalized spacial score (nSPS) is 20.3. The molecule has 0 amide bonds. The van der Waals surface area contributed by atoms with Gasteiger partial charge in [-0.3, -0.25) is 9.59 Å². The highest BCUT2D eigenvalue weighted by atomic mass is 16.5. The standard InChI is InChI=1S/C24H32O4.C16H22O4/c1-2-3-17-4-8-19(9-5-17)21-12-13-23(22(14-21)16-26)28-24(27)20-10-6-18(15-25)7-11-20;1-3-16(17)20-13-7-5-4-6-12-19-15-10-8-14(18-2)9-11-15/h12-20H,2-11H2,1H3;3,8-11H,1,4-7,12-13H2,2H3. The van der Waals surface area contributed by atoms with Crippen molar-refractivity contribution >= 4 is 24.5 Å². The van der Waals surface area contributed by atoms with Crippen molar-refractivity contribution in [2.24, 2.45) is 17.8 Å². The number of hydrogen-bond acceptors (Lipinski definition) is 8. The van der Waals surface area contributed by atoms with E-state index in [2.05, 4.69) is 13.5 Å². The molecule has 2 aromatic carbocycles. The lowest BCUT2D eigenvalue weighted by atomic mass is 9.77. The van der Waals surface area contributed by atoms with Gasteiger partial charge in [-0.2, -0.15) is 0 Å². The zero-order valence-corrected chi connectivity index (χ0v) is 28.9. The Morgan fingerprint density at radius 1 is 0.833 bits per heavy atom. The zero-order chi connectivity index (χ0) is 34.6. The highest BCUT2D eigenvalue weighted by Crippen LogP contribution is 2.39. The topological polar surface area (TPSA) is 105 Å². The summed E-state index contributed by atoms with van der Waals surface area (Å²) < 4.78 is 21.2. The Kier molecular flexibility index (Phi) is 17.5. The molecule has 8 heteroatoms. The number of carbonyl (C=O) groups excluding carboxylic acids is 4. The molecule has 48 heavy (non-hydrogen) atoms. The van der Waals surface area contributed by atoms with E-state index in [1.54, 1.807) is 13.2 Å². The van der Waals surface area contributed by atoms with Gasteiger partial charge < -0.3 is 23.7 Å². The van der Waals surface area contributed by atoms with E-state index in [1.165, 1.54) is 50.2 Å². The molecule has 2 aromatic rings. The fraction of sp³-hybridized carbons (Fsp3) is 0.550. The third-order valence-corrected chi connectivity index (χ3v) is 9.46. The molecule has 0 atom stereocenters. The van der Waals surface area contributed by atoms with Crippen LogP contribution >= 0.6 is 0 Å². The lowest BCUT2D eigenvalue weighted by molar-refractivity contribution is -0.140. The summed E-state index contributed by atoms with van der Waals surface area (Å²) in [5.74, 6) is 2.65. The molecule has 8 nitrogen and oxygen atoms in total. The molecule has 2 aliphatic carbocycles. The molecule has 0 aliphatic heterocycles. The van der Waals surface area contributed by atoms with Gasteiger partial charge in [0.15, 0.2) is 6.29 Å². The molecule has 2 saturated carbocycles. The van der Waals surface area contributed by atoms with Gasteiger partial charge in [0.25, 0.3) is 0 Å². The Bertz CT molecular complexity index is 1270. The summed E-state index contributed by atoms with van der Waals surface area (Å²) in [6, 6.07) is 13.3. The lowest BCUT2D eigenvalue weighted by Crippen LogP contribution is -2.26. The first-order valence-electron chi connectivity index (χ1n) is 17.7. The molecule has 0 aromatic heterocycles. The first-order valence-corrected chi connectivity index (χ1v) is 17.7. The summed E-state index contributed by atoms with van der Waals surface area (Å²) in [7, 11) is 1.64. The minimum absolute atomic E-state index is 0.0706. The molecular formula is C40H54O8. The maximum absolute atomic E-state index is 12.5. The maximum atomic E-state index is 12.5. The van der Waals surface area contributed by atoms with Crippen molar-refractivity contribution in [2.75, 3.05) is 20.3 Å². The van der Waals surface area contributed by atoms with Crippen molar-refractivity contribution in [3.05, 3.63) is 66.2 Å². The minimum Gasteiger partial charge on any atom is -0.497 e. The van der Waals surface area contributed by atoms with Gasteiger partial charge in [0.05, 0.1) is 31.8 Å². The van der Waals surface area contributed by atoms with Crippen molar-refractivity contribution in [3.63, 3.8) is 0 Å². The second-order valence-electron chi connectivity index (χ2n) is 12.9. The van der Waals surface area contributed by atoms with Crippen LogP contribution in [0.4, 0.5) is 0 Å². The highest BCUT2D eigenvalue weighted by Gasteiger charge is 2.28. The van der Waals surface area contributed by atoms with Crippen LogP contribution in [0.1, 0.15) is 119 Å². The van der Waals surface area contributed by atoms with E-state index in [-0.39, 0.29) is 23.8 Å². The van der Waals surface area contributed by atoms with Gasteiger partial charge in [0, 0.05) is 12.0 Å². The van der Waals surface area contributed by atoms with Crippen LogP contribution in [0.3, 0.4) is 0 Å².